The number of hydrogen-bond acceptors (Lipinski definition) is 11. The highest BCUT2D eigenvalue weighted by molar-refractivity contribution is 7.99. The molecule has 3 aromatic rings. The Morgan fingerprint density at radius 1 is 0.936 bits per heavy atom. The largest absolute Gasteiger partial charge is 0.466 e. The van der Waals surface area contributed by atoms with Gasteiger partial charge in [0.1, 0.15) is 24.7 Å². The number of rotatable bonds is 17. The van der Waals surface area contributed by atoms with Crippen LogP contribution < -0.4 is 0 Å². The molecule has 0 aliphatic carbocycles. The zero-order valence-electron chi connectivity index (χ0n) is 27.7. The number of esters is 2. The molecule has 1 aliphatic rings. The van der Waals surface area contributed by atoms with Crippen molar-refractivity contribution >= 4 is 29.4 Å². The number of furan rings is 2. The van der Waals surface area contributed by atoms with Crippen molar-refractivity contribution < 1.29 is 32.8 Å². The van der Waals surface area contributed by atoms with Gasteiger partial charge in [-0.2, -0.15) is 0 Å². The van der Waals surface area contributed by atoms with Crippen LogP contribution in [0.25, 0.3) is 0 Å². The first-order valence-corrected chi connectivity index (χ1v) is 16.9. The van der Waals surface area contributed by atoms with Gasteiger partial charge in [-0.3, -0.25) is 10.1 Å². The summed E-state index contributed by atoms with van der Waals surface area (Å²) < 4.78 is 22.4. The minimum absolute atomic E-state index is 0.119. The van der Waals surface area contributed by atoms with Crippen molar-refractivity contribution in [1.29, 1.82) is 0 Å². The Morgan fingerprint density at radius 3 is 1.98 bits per heavy atom. The summed E-state index contributed by atoms with van der Waals surface area (Å²) in [5.74, 6) is -0.695. The number of allylic oxidation sites excluding steroid dienone is 2. The summed E-state index contributed by atoms with van der Waals surface area (Å²) in [7, 11) is 0. The molecule has 1 aliphatic heterocycles. The smallest absolute Gasteiger partial charge is 0.337 e. The van der Waals surface area contributed by atoms with Crippen LogP contribution in [0.3, 0.4) is 0 Å². The average Bonchev–Trinajstić information content (AvgIpc) is 3.79. The molecular formula is C35H43N3O8S. The van der Waals surface area contributed by atoms with E-state index in [0.29, 0.717) is 40.8 Å². The van der Waals surface area contributed by atoms with Crippen molar-refractivity contribution in [2.75, 3.05) is 31.9 Å². The fourth-order valence-electron chi connectivity index (χ4n) is 5.65. The third-order valence-corrected chi connectivity index (χ3v) is 9.34. The maximum atomic E-state index is 14.2. The van der Waals surface area contributed by atoms with E-state index < -0.39 is 22.8 Å². The first kappa shape index (κ1) is 35.6. The number of thioether (sulfide) groups is 1. The minimum atomic E-state index is -1.00. The van der Waals surface area contributed by atoms with Crippen molar-refractivity contribution in [3.05, 3.63) is 105 Å². The lowest BCUT2D eigenvalue weighted by molar-refractivity contribution is -0.385. The molecule has 0 atom stereocenters. The molecule has 2 aromatic heterocycles. The number of hydrogen-bond donors (Lipinski definition) is 0. The molecule has 1 aromatic carbocycles. The normalized spacial score (nSPS) is 13.9. The lowest BCUT2D eigenvalue weighted by atomic mass is 9.79. The highest BCUT2D eigenvalue weighted by Crippen LogP contribution is 2.46. The Morgan fingerprint density at radius 2 is 1.51 bits per heavy atom. The van der Waals surface area contributed by atoms with E-state index in [4.69, 9.17) is 18.3 Å². The topological polar surface area (TPSA) is 128 Å². The third-order valence-electron chi connectivity index (χ3n) is 8.27. The highest BCUT2D eigenvalue weighted by atomic mass is 32.2. The molecule has 11 nitrogen and oxygen atoms in total. The average molecular weight is 666 g/mol. The van der Waals surface area contributed by atoms with E-state index in [1.165, 1.54) is 36.4 Å². The van der Waals surface area contributed by atoms with Gasteiger partial charge in [-0.25, -0.2) is 9.59 Å². The number of ether oxygens (including phenoxy) is 2. The molecule has 252 valence electrons. The monoisotopic (exact) mass is 665 g/mol. The number of nitro groups is 1. The Kier molecular flexibility index (Phi) is 12.9. The molecule has 47 heavy (non-hydrogen) atoms. The second-order valence-electron chi connectivity index (χ2n) is 11.1. The summed E-state index contributed by atoms with van der Waals surface area (Å²) in [6.45, 7) is 12.8. The minimum Gasteiger partial charge on any atom is -0.466 e. The number of benzene rings is 1. The van der Waals surface area contributed by atoms with Crippen molar-refractivity contribution in [2.45, 2.75) is 71.5 Å². The summed E-state index contributed by atoms with van der Waals surface area (Å²) in [5.41, 5.74) is 1.97. The Balaban J connectivity index is 1.87. The van der Waals surface area contributed by atoms with Gasteiger partial charge >= 0.3 is 11.9 Å². The first-order valence-electron chi connectivity index (χ1n) is 15.9. The van der Waals surface area contributed by atoms with Gasteiger partial charge in [-0.05, 0) is 69.3 Å². The van der Waals surface area contributed by atoms with Gasteiger partial charge < -0.3 is 28.1 Å². The highest BCUT2D eigenvalue weighted by Gasteiger charge is 2.42. The summed E-state index contributed by atoms with van der Waals surface area (Å²) in [5, 5.41) is 12.1. The molecule has 0 bridgehead atoms. The van der Waals surface area contributed by atoms with Crippen molar-refractivity contribution in [3.63, 3.8) is 0 Å². The number of carbonyl (C=O) groups is 2. The molecule has 0 spiro atoms. The molecule has 0 N–H and O–H groups in total. The van der Waals surface area contributed by atoms with Gasteiger partial charge in [0.2, 0.25) is 0 Å². The number of carbonyl (C=O) groups excluding carboxylic acids is 2. The zero-order valence-corrected chi connectivity index (χ0v) is 28.5. The van der Waals surface area contributed by atoms with Crippen molar-refractivity contribution in [2.24, 2.45) is 0 Å². The molecule has 0 saturated heterocycles. The Bertz CT molecular complexity index is 1500. The predicted octanol–water partition coefficient (Wildman–Crippen LogP) is 7.45. The number of nitrogens with zero attached hydrogens (tertiary/aromatic N) is 3. The van der Waals surface area contributed by atoms with E-state index in [-0.39, 0.29) is 30.0 Å². The maximum absolute atomic E-state index is 14.2. The van der Waals surface area contributed by atoms with Crippen molar-refractivity contribution in [1.82, 2.24) is 9.80 Å². The SMILES string of the molecule is CCCCN1C(C)=C(C(=O)OCc2ccco2)C(c2cc([N+](=O)[O-])ccc2SCCN(CC)CC)C(C(=O)OCc2ccco2)=C1C. The third kappa shape index (κ3) is 8.75. The van der Waals surface area contributed by atoms with Gasteiger partial charge in [0.15, 0.2) is 0 Å². The van der Waals surface area contributed by atoms with Crippen LogP contribution in [0.2, 0.25) is 0 Å². The second kappa shape index (κ2) is 17.0. The summed E-state index contributed by atoms with van der Waals surface area (Å²) in [6.07, 6.45) is 4.67. The van der Waals surface area contributed by atoms with Crippen LogP contribution in [-0.2, 0) is 32.3 Å². The van der Waals surface area contributed by atoms with E-state index in [1.807, 2.05) is 18.7 Å². The molecule has 0 radical (unpaired) electrons. The van der Waals surface area contributed by atoms with Crippen LogP contribution >= 0.6 is 11.8 Å². The van der Waals surface area contributed by atoms with Gasteiger partial charge in [0.05, 0.1) is 34.5 Å². The van der Waals surface area contributed by atoms with Crippen molar-refractivity contribution in [3.8, 4) is 0 Å². The molecule has 4 rings (SSSR count). The van der Waals surface area contributed by atoms with Crippen LogP contribution in [0.4, 0.5) is 5.69 Å². The number of non-ortho nitro benzene ring substituents is 1. The van der Waals surface area contributed by atoms with Crippen LogP contribution in [0.5, 0.6) is 0 Å². The fourth-order valence-corrected chi connectivity index (χ4v) is 6.72. The van der Waals surface area contributed by atoms with Crippen LogP contribution in [0, 0.1) is 10.1 Å². The lowest BCUT2D eigenvalue weighted by Gasteiger charge is -2.38. The lowest BCUT2D eigenvalue weighted by Crippen LogP contribution is -2.36. The molecule has 3 heterocycles. The number of unbranched alkanes of at least 4 members (excludes halogenated alkanes) is 1. The van der Waals surface area contributed by atoms with E-state index in [9.17, 15) is 19.7 Å². The van der Waals surface area contributed by atoms with Gasteiger partial charge in [-0.1, -0.05) is 27.2 Å². The molecule has 0 saturated carbocycles. The van der Waals surface area contributed by atoms with E-state index in [2.05, 4.69) is 25.7 Å². The van der Waals surface area contributed by atoms with E-state index in [1.54, 1.807) is 30.3 Å². The fraction of sp³-hybridized carbons (Fsp3) is 0.429. The maximum Gasteiger partial charge on any atom is 0.337 e. The quantitative estimate of drug-likeness (QED) is 0.0617. The molecule has 0 amide bonds. The van der Waals surface area contributed by atoms with Crippen LogP contribution in [0.15, 0.2) is 91.3 Å². The van der Waals surface area contributed by atoms with E-state index in [0.717, 1.165) is 37.4 Å². The van der Waals surface area contributed by atoms with Gasteiger partial charge in [-0.15, -0.1) is 11.8 Å². The molecule has 0 fully saturated rings. The van der Waals surface area contributed by atoms with Gasteiger partial charge in [0.25, 0.3) is 5.69 Å². The number of nitro benzene ring substituents is 1. The summed E-state index contributed by atoms with van der Waals surface area (Å²) in [6, 6.07) is 11.4. The second-order valence-corrected chi connectivity index (χ2v) is 12.2. The van der Waals surface area contributed by atoms with E-state index >= 15 is 0 Å². The molecule has 12 heteroatoms. The molecular weight excluding hydrogens is 622 g/mol. The first-order chi connectivity index (χ1) is 22.7. The predicted molar refractivity (Wildman–Crippen MR) is 178 cm³/mol. The standard InChI is InChI=1S/C35H43N3O8S/c1-6-9-16-37-24(4)31(34(39)45-22-27-12-10-18-43-27)33(32(25(37)5)35(40)46-23-28-13-11-19-44-28)29-21-26(38(41)42)14-15-30(29)47-20-17-36(7-2)8-3/h10-15,18-19,21,33H,6-9,16-17,20,22-23H2,1-5H3. The summed E-state index contributed by atoms with van der Waals surface area (Å²) >= 11 is 1.53. The Labute approximate surface area is 279 Å². The van der Waals surface area contributed by atoms with Crippen LogP contribution in [-0.4, -0.2) is 58.6 Å². The summed E-state index contributed by atoms with van der Waals surface area (Å²) in [4.78, 5) is 44.9. The van der Waals surface area contributed by atoms with Gasteiger partial charge in [0, 0.05) is 47.3 Å². The molecule has 0 unspecified atom stereocenters. The Hall–Kier alpha value is -4.29. The zero-order chi connectivity index (χ0) is 33.9. The van der Waals surface area contributed by atoms with Crippen LogP contribution in [0.1, 0.15) is 70.5 Å².